The molecular weight excluding hydrogens is 322 g/mol. The highest BCUT2D eigenvalue weighted by Crippen LogP contribution is 2.24. The lowest BCUT2D eigenvalue weighted by Crippen LogP contribution is -2.51. The van der Waals surface area contributed by atoms with E-state index in [1.807, 2.05) is 30.3 Å². The van der Waals surface area contributed by atoms with Crippen LogP contribution in [-0.2, 0) is 9.53 Å². The number of urea groups is 1. The molecule has 25 heavy (non-hydrogen) atoms. The first-order valence-corrected chi connectivity index (χ1v) is 7.91. The number of benzene rings is 2. The first-order valence-electron chi connectivity index (χ1n) is 7.91. The number of rotatable bonds is 4. The van der Waals surface area contributed by atoms with E-state index in [0.29, 0.717) is 23.7 Å². The molecule has 1 heterocycles. The molecule has 2 aromatic carbocycles. The van der Waals surface area contributed by atoms with Crippen LogP contribution >= 0.6 is 0 Å². The lowest BCUT2D eigenvalue weighted by Gasteiger charge is -2.31. The fourth-order valence-electron chi connectivity index (χ4n) is 2.47. The number of ether oxygens (including phenoxy) is 2. The molecule has 0 saturated carbocycles. The third-order valence-electron chi connectivity index (χ3n) is 3.74. The van der Waals surface area contributed by atoms with Crippen LogP contribution in [-0.4, -0.2) is 42.6 Å². The summed E-state index contributed by atoms with van der Waals surface area (Å²) in [5.41, 5.74) is 5.83. The van der Waals surface area contributed by atoms with Crippen molar-refractivity contribution >= 4 is 17.6 Å². The average molecular weight is 341 g/mol. The number of carbonyl (C=O) groups excluding carboxylic acids is 2. The molecule has 3 N–H and O–H groups in total. The van der Waals surface area contributed by atoms with E-state index >= 15 is 0 Å². The van der Waals surface area contributed by atoms with Crippen LogP contribution in [0.5, 0.6) is 11.5 Å². The molecule has 0 aromatic heterocycles. The molecule has 1 fully saturated rings. The van der Waals surface area contributed by atoms with Gasteiger partial charge < -0.3 is 25.4 Å². The summed E-state index contributed by atoms with van der Waals surface area (Å²) in [6.07, 6.45) is -0.771. The van der Waals surface area contributed by atoms with Gasteiger partial charge in [0.15, 0.2) is 6.10 Å². The highest BCUT2D eigenvalue weighted by Gasteiger charge is 2.27. The maximum absolute atomic E-state index is 12.4. The van der Waals surface area contributed by atoms with Gasteiger partial charge >= 0.3 is 6.03 Å². The van der Waals surface area contributed by atoms with Crippen LogP contribution in [0.2, 0.25) is 0 Å². The Kier molecular flexibility index (Phi) is 5.15. The Labute approximate surface area is 145 Å². The maximum atomic E-state index is 12.4. The lowest BCUT2D eigenvalue weighted by atomic mass is 10.2. The van der Waals surface area contributed by atoms with Crippen molar-refractivity contribution in [2.75, 3.05) is 25.0 Å². The minimum Gasteiger partial charge on any atom is -0.457 e. The van der Waals surface area contributed by atoms with E-state index in [1.165, 1.54) is 4.90 Å². The van der Waals surface area contributed by atoms with E-state index in [0.717, 1.165) is 0 Å². The number of amides is 3. The topological polar surface area (TPSA) is 93.9 Å². The lowest BCUT2D eigenvalue weighted by molar-refractivity contribution is -0.133. The van der Waals surface area contributed by atoms with Crippen molar-refractivity contribution in [3.63, 3.8) is 0 Å². The van der Waals surface area contributed by atoms with Crippen molar-refractivity contribution in [3.05, 3.63) is 54.6 Å². The summed E-state index contributed by atoms with van der Waals surface area (Å²) in [5.74, 6) is 0.750. The van der Waals surface area contributed by atoms with Crippen LogP contribution in [0.4, 0.5) is 10.5 Å². The number of hydrogen-bond acceptors (Lipinski definition) is 4. The Bertz CT molecular complexity index is 751. The monoisotopic (exact) mass is 341 g/mol. The fraction of sp³-hybridized carbons (Fsp3) is 0.222. The minimum atomic E-state index is -0.771. The molecule has 130 valence electrons. The fourth-order valence-corrected chi connectivity index (χ4v) is 2.47. The predicted molar refractivity (Wildman–Crippen MR) is 92.5 cm³/mol. The van der Waals surface area contributed by atoms with Gasteiger partial charge in [0.1, 0.15) is 11.5 Å². The standard InChI is InChI=1S/C18H19N3O4/c19-17(22)16-12-21(9-10-24-16)18(23)20-13-5-4-8-15(11-13)25-14-6-2-1-3-7-14/h1-8,11,16H,9-10,12H2,(H2,19,22)(H,20,23)/t16-/m1/s1. The van der Waals surface area contributed by atoms with E-state index in [2.05, 4.69) is 5.32 Å². The second-order valence-corrected chi connectivity index (χ2v) is 5.58. The smallest absolute Gasteiger partial charge is 0.322 e. The van der Waals surface area contributed by atoms with Crippen molar-refractivity contribution in [2.45, 2.75) is 6.10 Å². The summed E-state index contributed by atoms with van der Waals surface area (Å²) in [6.45, 7) is 0.815. The van der Waals surface area contributed by atoms with Gasteiger partial charge in [-0.2, -0.15) is 0 Å². The third kappa shape index (κ3) is 4.48. The number of anilines is 1. The molecule has 7 nitrogen and oxygen atoms in total. The number of nitrogens with one attached hydrogen (secondary N) is 1. The van der Waals surface area contributed by atoms with Gasteiger partial charge in [0.05, 0.1) is 13.2 Å². The van der Waals surface area contributed by atoms with Gasteiger partial charge in [-0.05, 0) is 24.3 Å². The second-order valence-electron chi connectivity index (χ2n) is 5.58. The molecule has 3 rings (SSSR count). The Balaban J connectivity index is 1.63. The number of nitrogens with zero attached hydrogens (tertiary/aromatic N) is 1. The van der Waals surface area contributed by atoms with Crippen LogP contribution in [0.1, 0.15) is 0 Å². The van der Waals surface area contributed by atoms with Crippen molar-refractivity contribution in [1.29, 1.82) is 0 Å². The molecule has 2 aromatic rings. The molecule has 0 aliphatic carbocycles. The van der Waals surface area contributed by atoms with Crippen molar-refractivity contribution in [2.24, 2.45) is 5.73 Å². The first-order chi connectivity index (χ1) is 12.1. The Morgan fingerprint density at radius 2 is 1.88 bits per heavy atom. The zero-order valence-electron chi connectivity index (χ0n) is 13.6. The van der Waals surface area contributed by atoms with Gasteiger partial charge in [0, 0.05) is 18.3 Å². The number of carbonyl (C=O) groups is 2. The SMILES string of the molecule is NC(=O)[C@H]1CN(C(=O)Nc2cccc(Oc3ccccc3)c2)CCO1. The zero-order chi connectivity index (χ0) is 17.6. The maximum Gasteiger partial charge on any atom is 0.322 e. The summed E-state index contributed by atoms with van der Waals surface area (Å²) in [7, 11) is 0. The third-order valence-corrected chi connectivity index (χ3v) is 3.74. The minimum absolute atomic E-state index is 0.140. The number of morpholine rings is 1. The van der Waals surface area contributed by atoms with Crippen molar-refractivity contribution in [3.8, 4) is 11.5 Å². The van der Waals surface area contributed by atoms with E-state index in [1.54, 1.807) is 24.3 Å². The summed E-state index contributed by atoms with van der Waals surface area (Å²) < 4.78 is 11.0. The predicted octanol–water partition coefficient (Wildman–Crippen LogP) is 2.20. The van der Waals surface area contributed by atoms with Crippen LogP contribution < -0.4 is 15.8 Å². The molecule has 0 spiro atoms. The molecule has 0 radical (unpaired) electrons. The number of hydrogen-bond donors (Lipinski definition) is 2. The van der Waals surface area contributed by atoms with Crippen molar-refractivity contribution in [1.82, 2.24) is 4.90 Å². The van der Waals surface area contributed by atoms with Gasteiger partial charge in [-0.1, -0.05) is 24.3 Å². The zero-order valence-corrected chi connectivity index (χ0v) is 13.6. The summed E-state index contributed by atoms with van der Waals surface area (Å²) in [6, 6.07) is 16.2. The molecule has 1 aliphatic heterocycles. The molecular formula is C18H19N3O4. The van der Waals surface area contributed by atoms with E-state index < -0.39 is 12.0 Å². The summed E-state index contributed by atoms with van der Waals surface area (Å²) >= 11 is 0. The van der Waals surface area contributed by atoms with Gasteiger partial charge in [0.2, 0.25) is 5.91 Å². The molecule has 0 bridgehead atoms. The normalized spacial score (nSPS) is 17.0. The Morgan fingerprint density at radius 3 is 2.64 bits per heavy atom. The largest absolute Gasteiger partial charge is 0.457 e. The first kappa shape index (κ1) is 16.8. The van der Waals surface area contributed by atoms with E-state index in [-0.39, 0.29) is 19.2 Å². The van der Waals surface area contributed by atoms with Gasteiger partial charge in [-0.25, -0.2) is 4.79 Å². The molecule has 3 amide bonds. The van der Waals surface area contributed by atoms with Gasteiger partial charge in [-0.3, -0.25) is 4.79 Å². The van der Waals surface area contributed by atoms with Gasteiger partial charge in [0.25, 0.3) is 0 Å². The van der Waals surface area contributed by atoms with E-state index in [4.69, 9.17) is 15.2 Å². The Hall–Kier alpha value is -3.06. The van der Waals surface area contributed by atoms with Crippen LogP contribution in [0.3, 0.4) is 0 Å². The van der Waals surface area contributed by atoms with Crippen LogP contribution in [0, 0.1) is 0 Å². The number of para-hydroxylation sites is 1. The number of nitrogens with two attached hydrogens (primary N) is 1. The van der Waals surface area contributed by atoms with Crippen molar-refractivity contribution < 1.29 is 19.1 Å². The number of primary amides is 1. The second kappa shape index (κ2) is 7.67. The summed E-state index contributed by atoms with van der Waals surface area (Å²) in [4.78, 5) is 25.1. The Morgan fingerprint density at radius 1 is 1.12 bits per heavy atom. The quantitative estimate of drug-likeness (QED) is 0.891. The van der Waals surface area contributed by atoms with Crippen LogP contribution in [0.25, 0.3) is 0 Å². The molecule has 1 aliphatic rings. The average Bonchev–Trinajstić information content (AvgIpc) is 2.63. The molecule has 1 atom stereocenters. The molecule has 0 unspecified atom stereocenters. The highest BCUT2D eigenvalue weighted by molar-refractivity contribution is 5.90. The molecule has 7 heteroatoms. The van der Waals surface area contributed by atoms with E-state index in [9.17, 15) is 9.59 Å². The molecule has 1 saturated heterocycles. The summed E-state index contributed by atoms with van der Waals surface area (Å²) in [5, 5.41) is 2.80. The highest BCUT2D eigenvalue weighted by atomic mass is 16.5. The van der Waals surface area contributed by atoms with Gasteiger partial charge in [-0.15, -0.1) is 0 Å². The van der Waals surface area contributed by atoms with Crippen LogP contribution in [0.15, 0.2) is 54.6 Å².